The van der Waals surface area contributed by atoms with Crippen LogP contribution in [0.4, 0.5) is 0 Å². The van der Waals surface area contributed by atoms with Gasteiger partial charge in [0.2, 0.25) is 5.78 Å². The molecule has 1 aliphatic rings. The van der Waals surface area contributed by atoms with E-state index < -0.39 is 0 Å². The number of nitrogens with one attached hydrogen (secondary N) is 1. The summed E-state index contributed by atoms with van der Waals surface area (Å²) in [5.41, 5.74) is 3.07. The largest absolute Gasteiger partial charge is 0.507 e. The molecule has 30 heavy (non-hydrogen) atoms. The Morgan fingerprint density at radius 2 is 1.73 bits per heavy atom. The van der Waals surface area contributed by atoms with Crippen LogP contribution < -0.4 is 14.4 Å². The summed E-state index contributed by atoms with van der Waals surface area (Å²) in [4.78, 5) is 14.1. The van der Waals surface area contributed by atoms with Crippen molar-refractivity contribution in [2.24, 2.45) is 0 Å². The Morgan fingerprint density at radius 1 is 1.00 bits per heavy atom. The molecule has 0 aliphatic carbocycles. The predicted molar refractivity (Wildman–Crippen MR) is 115 cm³/mol. The molecule has 1 aliphatic heterocycles. The number of fused-ring (bicyclic) bond motifs is 1. The van der Waals surface area contributed by atoms with Gasteiger partial charge in [-0.2, -0.15) is 0 Å². The van der Waals surface area contributed by atoms with Gasteiger partial charge in [-0.1, -0.05) is 48.5 Å². The lowest BCUT2D eigenvalue weighted by atomic mass is 10.0. The lowest BCUT2D eigenvalue weighted by molar-refractivity contribution is -0.907. The van der Waals surface area contributed by atoms with Crippen molar-refractivity contribution in [2.45, 2.75) is 13.1 Å². The number of hydrogen-bond donors (Lipinski definition) is 2. The van der Waals surface area contributed by atoms with E-state index in [0.29, 0.717) is 29.2 Å². The molecule has 5 nitrogen and oxygen atoms in total. The van der Waals surface area contributed by atoms with E-state index in [1.54, 1.807) is 25.3 Å². The van der Waals surface area contributed by atoms with Crippen molar-refractivity contribution in [2.75, 3.05) is 14.2 Å². The lowest BCUT2D eigenvalue weighted by Gasteiger charge is -2.16. The number of hydrogen-bond acceptors (Lipinski definition) is 4. The van der Waals surface area contributed by atoms with Crippen LogP contribution in [-0.2, 0) is 13.1 Å². The van der Waals surface area contributed by atoms with Crippen molar-refractivity contribution >= 4 is 11.9 Å². The molecular weight excluding hydrogens is 378 g/mol. The summed E-state index contributed by atoms with van der Waals surface area (Å²) in [6.07, 6.45) is 1.68. The summed E-state index contributed by atoms with van der Waals surface area (Å²) in [6, 6.07) is 20.8. The topological polar surface area (TPSA) is 60.2 Å². The number of ketones is 1. The highest BCUT2D eigenvalue weighted by molar-refractivity contribution is 6.15. The molecule has 0 aromatic heterocycles. The number of rotatable bonds is 6. The zero-order chi connectivity index (χ0) is 21.1. The van der Waals surface area contributed by atoms with Crippen LogP contribution in [0.5, 0.6) is 17.2 Å². The van der Waals surface area contributed by atoms with Gasteiger partial charge in [0.25, 0.3) is 0 Å². The van der Waals surface area contributed by atoms with Crippen LogP contribution in [0, 0.1) is 0 Å². The number of phenols is 1. The summed E-state index contributed by atoms with van der Waals surface area (Å²) < 4.78 is 11.3. The second kappa shape index (κ2) is 8.43. The number of aromatic hydroxyl groups is 1. The van der Waals surface area contributed by atoms with Crippen LogP contribution in [0.1, 0.15) is 27.0 Å². The maximum absolute atomic E-state index is 12.9. The van der Waals surface area contributed by atoms with Gasteiger partial charge in [0.05, 0.1) is 25.3 Å². The summed E-state index contributed by atoms with van der Waals surface area (Å²) in [5.74, 6) is 1.26. The average Bonchev–Trinajstić information content (AvgIpc) is 3.07. The van der Waals surface area contributed by atoms with Crippen molar-refractivity contribution in [3.8, 4) is 17.2 Å². The predicted octanol–water partition coefficient (Wildman–Crippen LogP) is 3.23. The molecule has 2 N–H and O–H groups in total. The molecule has 0 saturated heterocycles. The Labute approximate surface area is 175 Å². The molecule has 1 heterocycles. The second-order valence-electron chi connectivity index (χ2n) is 7.42. The lowest BCUT2D eigenvalue weighted by Crippen LogP contribution is -3.06. The third-order valence-electron chi connectivity index (χ3n) is 5.17. The number of quaternary nitrogens is 1. The number of carbonyl (C=O) groups is 1. The molecule has 0 radical (unpaired) electrons. The van der Waals surface area contributed by atoms with Crippen LogP contribution >= 0.6 is 0 Å². The van der Waals surface area contributed by atoms with E-state index in [0.717, 1.165) is 12.1 Å². The van der Waals surface area contributed by atoms with Crippen molar-refractivity contribution in [1.29, 1.82) is 0 Å². The first-order chi connectivity index (χ1) is 14.6. The molecule has 5 heteroatoms. The molecule has 0 fully saturated rings. The number of allylic oxidation sites excluding steroid dienone is 1. The third kappa shape index (κ3) is 3.93. The number of para-hydroxylation sites is 1. The highest BCUT2D eigenvalue weighted by atomic mass is 16.5. The molecule has 0 amide bonds. The van der Waals surface area contributed by atoms with Crippen LogP contribution in [-0.4, -0.2) is 25.0 Å². The molecule has 0 saturated carbocycles. The van der Waals surface area contributed by atoms with Crippen molar-refractivity contribution in [3.05, 3.63) is 94.7 Å². The first-order valence-corrected chi connectivity index (χ1v) is 9.84. The molecule has 152 valence electrons. The molecule has 0 spiro atoms. The number of benzene rings is 3. The van der Waals surface area contributed by atoms with E-state index in [2.05, 4.69) is 12.1 Å². The van der Waals surface area contributed by atoms with E-state index in [9.17, 15) is 9.90 Å². The van der Waals surface area contributed by atoms with Gasteiger partial charge >= 0.3 is 0 Å². The van der Waals surface area contributed by atoms with Gasteiger partial charge in [-0.3, -0.25) is 4.79 Å². The number of phenolic OH excluding ortho intramolecular Hbond substituents is 1. The standard InChI is InChI=1S/C25H23NO4/c1-26(15-17-8-4-3-5-9-17)16-20-21(27)13-12-19-24(28)23(30-25(19)20)14-18-10-6-7-11-22(18)29-2/h3-14,27H,15-16H2,1-2H3/p+1/b23-14-. The van der Waals surface area contributed by atoms with Crippen molar-refractivity contribution < 1.29 is 24.3 Å². The molecule has 1 unspecified atom stereocenters. The summed E-state index contributed by atoms with van der Waals surface area (Å²) in [7, 11) is 3.64. The Hall–Kier alpha value is -3.57. The molecule has 0 bridgehead atoms. The maximum Gasteiger partial charge on any atom is 0.231 e. The highest BCUT2D eigenvalue weighted by Gasteiger charge is 2.32. The Balaban J connectivity index is 1.62. The van der Waals surface area contributed by atoms with Gasteiger partial charge in [0, 0.05) is 11.1 Å². The SMILES string of the molecule is COc1ccccc1/C=C1\Oc2c(ccc(O)c2C[NH+](C)Cc2ccccc2)C1=O. The minimum Gasteiger partial charge on any atom is -0.507 e. The van der Waals surface area contributed by atoms with Crippen molar-refractivity contribution in [3.63, 3.8) is 0 Å². The van der Waals surface area contributed by atoms with E-state index >= 15 is 0 Å². The van der Waals surface area contributed by atoms with Gasteiger partial charge in [-0.05, 0) is 24.3 Å². The quantitative estimate of drug-likeness (QED) is 0.622. The van der Waals surface area contributed by atoms with Gasteiger partial charge in [-0.15, -0.1) is 0 Å². The zero-order valence-corrected chi connectivity index (χ0v) is 17.0. The molecule has 3 aromatic carbocycles. The average molecular weight is 402 g/mol. The first-order valence-electron chi connectivity index (χ1n) is 9.84. The monoisotopic (exact) mass is 402 g/mol. The van der Waals surface area contributed by atoms with Crippen LogP contribution in [0.25, 0.3) is 6.08 Å². The Morgan fingerprint density at radius 3 is 2.50 bits per heavy atom. The molecule has 4 rings (SSSR count). The van der Waals surface area contributed by atoms with Gasteiger partial charge < -0.3 is 19.5 Å². The minimum absolute atomic E-state index is 0.132. The summed E-state index contributed by atoms with van der Waals surface area (Å²) in [5, 5.41) is 10.5. The van der Waals surface area contributed by atoms with Gasteiger partial charge in [0.1, 0.15) is 24.6 Å². The fourth-order valence-electron chi connectivity index (χ4n) is 3.70. The number of ether oxygens (including phenoxy) is 2. The second-order valence-corrected chi connectivity index (χ2v) is 7.42. The highest BCUT2D eigenvalue weighted by Crippen LogP contribution is 2.39. The Bertz CT molecular complexity index is 1110. The van der Waals surface area contributed by atoms with Crippen molar-refractivity contribution in [1.82, 2.24) is 0 Å². The number of methoxy groups -OCH3 is 1. The molecular formula is C25H24NO4+. The normalized spacial score (nSPS) is 15.0. The zero-order valence-electron chi connectivity index (χ0n) is 17.0. The maximum atomic E-state index is 12.9. The molecule has 3 aromatic rings. The smallest absolute Gasteiger partial charge is 0.231 e. The fourth-order valence-corrected chi connectivity index (χ4v) is 3.70. The number of carbonyl (C=O) groups excluding carboxylic acids is 1. The van der Waals surface area contributed by atoms with Crippen LogP contribution in [0.3, 0.4) is 0 Å². The minimum atomic E-state index is -0.196. The molecule has 1 atom stereocenters. The van der Waals surface area contributed by atoms with Gasteiger partial charge in [-0.25, -0.2) is 0 Å². The number of Topliss-reactive ketones (excluding diaryl/α,β-unsaturated/α-hetero) is 1. The van der Waals surface area contributed by atoms with Gasteiger partial charge in [0.15, 0.2) is 11.5 Å². The van der Waals surface area contributed by atoms with Crippen LogP contribution in [0.2, 0.25) is 0 Å². The Kier molecular flexibility index (Phi) is 5.55. The summed E-state index contributed by atoms with van der Waals surface area (Å²) in [6.45, 7) is 1.32. The van der Waals surface area contributed by atoms with E-state index in [-0.39, 0.29) is 17.3 Å². The van der Waals surface area contributed by atoms with Crippen LogP contribution in [0.15, 0.2) is 72.5 Å². The fraction of sp³-hybridized carbons (Fsp3) is 0.160. The van der Waals surface area contributed by atoms with E-state index in [1.807, 2.05) is 49.5 Å². The van der Waals surface area contributed by atoms with E-state index in [4.69, 9.17) is 9.47 Å². The summed E-state index contributed by atoms with van der Waals surface area (Å²) >= 11 is 0. The first kappa shape index (κ1) is 19.7. The van der Waals surface area contributed by atoms with E-state index in [1.165, 1.54) is 10.5 Å². The third-order valence-corrected chi connectivity index (χ3v) is 5.17.